The molecule has 1 saturated heterocycles. The van der Waals surface area contributed by atoms with Crippen molar-refractivity contribution in [3.8, 4) is 0 Å². The average molecular weight is 261 g/mol. The number of benzene rings is 1. The van der Waals surface area contributed by atoms with Crippen LogP contribution in [0, 0.1) is 5.92 Å². The van der Waals surface area contributed by atoms with Crippen LogP contribution in [0.25, 0.3) is 10.9 Å². The van der Waals surface area contributed by atoms with Gasteiger partial charge in [-0.25, -0.2) is 0 Å². The first kappa shape index (κ1) is 10.9. The van der Waals surface area contributed by atoms with E-state index in [1.54, 1.807) is 0 Å². The predicted octanol–water partition coefficient (Wildman–Crippen LogP) is 3.81. The van der Waals surface area contributed by atoms with Crippen LogP contribution in [-0.2, 0) is 6.42 Å². The Bertz CT molecular complexity index is 602. The predicted molar refractivity (Wildman–Crippen MR) is 75.1 cm³/mol. The highest BCUT2D eigenvalue weighted by molar-refractivity contribution is 6.35. The molecule has 0 amide bonds. The summed E-state index contributed by atoms with van der Waals surface area (Å²) in [6.45, 7) is 1.15. The Balaban J connectivity index is 1.94. The summed E-state index contributed by atoms with van der Waals surface area (Å²) < 4.78 is 0. The van der Waals surface area contributed by atoms with Gasteiger partial charge in [-0.3, -0.25) is 0 Å². The third kappa shape index (κ3) is 1.45. The summed E-state index contributed by atoms with van der Waals surface area (Å²) in [6, 6.07) is 6.77. The maximum atomic E-state index is 6.30. The molecular weight excluding hydrogens is 244 g/mol. The molecule has 2 aliphatic rings. The van der Waals surface area contributed by atoms with E-state index in [1.165, 1.54) is 42.3 Å². The number of hydrogen-bond acceptors (Lipinski definition) is 1. The molecule has 1 aliphatic carbocycles. The number of nitrogens with one attached hydrogen (secondary N) is 2. The molecular formula is C15H17ClN2. The Morgan fingerprint density at radius 3 is 3.11 bits per heavy atom. The second kappa shape index (κ2) is 4.01. The highest BCUT2D eigenvalue weighted by atomic mass is 35.5. The molecule has 3 heteroatoms. The van der Waals surface area contributed by atoms with Crippen LogP contribution in [0.1, 0.15) is 36.6 Å². The van der Waals surface area contributed by atoms with Crippen LogP contribution >= 0.6 is 11.6 Å². The van der Waals surface area contributed by atoms with E-state index >= 15 is 0 Å². The third-order valence-electron chi connectivity index (χ3n) is 4.57. The Hall–Kier alpha value is -0.990. The van der Waals surface area contributed by atoms with Crippen LogP contribution in [0.3, 0.4) is 0 Å². The van der Waals surface area contributed by atoms with Gasteiger partial charge in [0, 0.05) is 17.1 Å². The fourth-order valence-corrected chi connectivity index (χ4v) is 3.96. The van der Waals surface area contributed by atoms with E-state index in [-0.39, 0.29) is 0 Å². The van der Waals surface area contributed by atoms with Crippen LogP contribution in [0.4, 0.5) is 0 Å². The van der Waals surface area contributed by atoms with Crippen molar-refractivity contribution in [3.05, 3.63) is 34.5 Å². The lowest BCUT2D eigenvalue weighted by Gasteiger charge is -2.36. The van der Waals surface area contributed by atoms with Gasteiger partial charge in [0.2, 0.25) is 0 Å². The van der Waals surface area contributed by atoms with E-state index in [2.05, 4.69) is 22.4 Å². The van der Waals surface area contributed by atoms with Crippen molar-refractivity contribution in [2.45, 2.75) is 31.7 Å². The number of fused-ring (bicyclic) bond motifs is 5. The van der Waals surface area contributed by atoms with Crippen LogP contribution in [-0.4, -0.2) is 11.5 Å². The molecule has 0 radical (unpaired) electrons. The second-order valence-corrected chi connectivity index (χ2v) is 5.96. The minimum Gasteiger partial charge on any atom is -0.357 e. The third-order valence-corrected chi connectivity index (χ3v) is 4.88. The first-order valence-electron chi connectivity index (χ1n) is 6.87. The van der Waals surface area contributed by atoms with E-state index < -0.39 is 0 Å². The SMILES string of the molecule is Clc1cccc2c3c([nH]c12)CC[C@H]1CCCN[C@H]31. The van der Waals surface area contributed by atoms with Crippen molar-refractivity contribution in [3.63, 3.8) is 0 Å². The number of piperidine rings is 1. The Morgan fingerprint density at radius 2 is 2.17 bits per heavy atom. The van der Waals surface area contributed by atoms with E-state index in [0.717, 1.165) is 23.0 Å². The summed E-state index contributed by atoms with van der Waals surface area (Å²) in [7, 11) is 0. The van der Waals surface area contributed by atoms with E-state index in [4.69, 9.17) is 11.6 Å². The molecule has 18 heavy (non-hydrogen) atoms. The lowest BCUT2D eigenvalue weighted by Crippen LogP contribution is -2.37. The molecule has 2 aromatic rings. The van der Waals surface area contributed by atoms with Crippen LogP contribution in [0.15, 0.2) is 18.2 Å². The van der Waals surface area contributed by atoms with Crippen LogP contribution < -0.4 is 5.32 Å². The minimum atomic E-state index is 0.537. The number of rotatable bonds is 0. The molecule has 1 aliphatic heterocycles. The molecule has 2 heterocycles. The number of aromatic nitrogens is 1. The normalized spacial score (nSPS) is 26.9. The molecule has 0 bridgehead atoms. The minimum absolute atomic E-state index is 0.537. The van der Waals surface area contributed by atoms with Gasteiger partial charge < -0.3 is 10.3 Å². The number of halogens is 1. The molecule has 1 fully saturated rings. The quantitative estimate of drug-likeness (QED) is 0.741. The molecule has 2 atom stereocenters. The van der Waals surface area contributed by atoms with Crippen molar-refractivity contribution < 1.29 is 0 Å². The van der Waals surface area contributed by atoms with Gasteiger partial charge in [-0.15, -0.1) is 0 Å². The number of aryl methyl sites for hydroxylation is 1. The second-order valence-electron chi connectivity index (χ2n) is 5.55. The van der Waals surface area contributed by atoms with Gasteiger partial charge in [-0.05, 0) is 49.8 Å². The molecule has 94 valence electrons. The summed E-state index contributed by atoms with van der Waals surface area (Å²) >= 11 is 6.30. The van der Waals surface area contributed by atoms with Crippen molar-refractivity contribution in [1.29, 1.82) is 0 Å². The maximum Gasteiger partial charge on any atom is 0.0648 e. The van der Waals surface area contributed by atoms with Crippen molar-refractivity contribution >= 4 is 22.5 Å². The summed E-state index contributed by atoms with van der Waals surface area (Å²) in [4.78, 5) is 3.55. The van der Waals surface area contributed by atoms with Crippen LogP contribution in [0.2, 0.25) is 5.02 Å². The molecule has 0 unspecified atom stereocenters. The average Bonchev–Trinajstić information content (AvgIpc) is 2.79. The first-order chi connectivity index (χ1) is 8.84. The molecule has 0 spiro atoms. The topological polar surface area (TPSA) is 27.8 Å². The fourth-order valence-electron chi connectivity index (χ4n) is 3.74. The molecule has 2 nitrogen and oxygen atoms in total. The molecule has 0 saturated carbocycles. The van der Waals surface area contributed by atoms with Gasteiger partial charge in [0.25, 0.3) is 0 Å². The largest absolute Gasteiger partial charge is 0.357 e. The molecule has 4 rings (SSSR count). The zero-order chi connectivity index (χ0) is 12.1. The summed E-state index contributed by atoms with van der Waals surface area (Å²) in [6.07, 6.45) is 5.16. The van der Waals surface area contributed by atoms with Crippen molar-refractivity contribution in [2.24, 2.45) is 5.92 Å². The summed E-state index contributed by atoms with van der Waals surface area (Å²) in [5.74, 6) is 0.809. The standard InChI is InChI=1S/C15H17ClN2/c16-11-5-1-4-10-13-12(18-15(10)11)7-6-9-3-2-8-17-14(9)13/h1,4-5,9,14,17-18H,2-3,6-8H2/t9-,14+/m1/s1. The van der Waals surface area contributed by atoms with E-state index in [9.17, 15) is 0 Å². The first-order valence-corrected chi connectivity index (χ1v) is 7.25. The summed E-state index contributed by atoms with van der Waals surface area (Å²) in [5.41, 5.74) is 4.01. The maximum absolute atomic E-state index is 6.30. The lowest BCUT2D eigenvalue weighted by molar-refractivity contribution is 0.255. The fraction of sp³-hybridized carbons (Fsp3) is 0.467. The Kier molecular flexibility index (Phi) is 2.42. The lowest BCUT2D eigenvalue weighted by atomic mass is 9.77. The van der Waals surface area contributed by atoms with Gasteiger partial charge in [-0.1, -0.05) is 23.7 Å². The van der Waals surface area contributed by atoms with Gasteiger partial charge in [0.1, 0.15) is 0 Å². The summed E-state index contributed by atoms with van der Waals surface area (Å²) in [5, 5.41) is 5.87. The highest BCUT2D eigenvalue weighted by Crippen LogP contribution is 2.43. The van der Waals surface area contributed by atoms with Gasteiger partial charge in [0.15, 0.2) is 0 Å². The van der Waals surface area contributed by atoms with Gasteiger partial charge in [0.05, 0.1) is 10.5 Å². The monoisotopic (exact) mass is 260 g/mol. The van der Waals surface area contributed by atoms with Crippen molar-refractivity contribution in [2.75, 3.05) is 6.54 Å². The van der Waals surface area contributed by atoms with Crippen molar-refractivity contribution in [1.82, 2.24) is 10.3 Å². The molecule has 1 aromatic carbocycles. The van der Waals surface area contributed by atoms with Gasteiger partial charge in [-0.2, -0.15) is 0 Å². The highest BCUT2D eigenvalue weighted by Gasteiger charge is 2.33. The number of aromatic amines is 1. The molecule has 2 N–H and O–H groups in total. The smallest absolute Gasteiger partial charge is 0.0648 e. The Labute approximate surface area is 112 Å². The zero-order valence-corrected chi connectivity index (χ0v) is 11.1. The van der Waals surface area contributed by atoms with E-state index in [0.29, 0.717) is 6.04 Å². The number of hydrogen-bond donors (Lipinski definition) is 2. The number of H-pyrrole nitrogens is 1. The molecule has 1 aromatic heterocycles. The van der Waals surface area contributed by atoms with Crippen LogP contribution in [0.5, 0.6) is 0 Å². The van der Waals surface area contributed by atoms with E-state index in [1.807, 2.05) is 6.07 Å². The number of para-hydroxylation sites is 1. The van der Waals surface area contributed by atoms with Gasteiger partial charge >= 0.3 is 0 Å². The Morgan fingerprint density at radius 1 is 1.22 bits per heavy atom. The zero-order valence-electron chi connectivity index (χ0n) is 10.3.